The zero-order chi connectivity index (χ0) is 21.9. The van der Waals surface area contributed by atoms with Crippen LogP contribution in [0.25, 0.3) is 0 Å². The van der Waals surface area contributed by atoms with Gasteiger partial charge in [-0.25, -0.2) is 9.59 Å². The number of hydrogen-bond donors (Lipinski definition) is 2. The molecule has 0 unspecified atom stereocenters. The normalized spacial score (nSPS) is 12.6. The van der Waals surface area contributed by atoms with Crippen LogP contribution in [0.15, 0.2) is 12.1 Å². The molecule has 0 spiro atoms. The van der Waals surface area contributed by atoms with E-state index in [4.69, 9.17) is 9.84 Å². The molecule has 1 rings (SSSR count). The number of carbonyl (C=O) groups is 2. The number of aliphatic hydroxyl groups is 1. The summed E-state index contributed by atoms with van der Waals surface area (Å²) in [5.74, 6) is -4.30. The van der Waals surface area contributed by atoms with Crippen LogP contribution in [0, 0.1) is 7.14 Å². The van der Waals surface area contributed by atoms with Crippen molar-refractivity contribution in [3.05, 3.63) is 24.8 Å². The Balaban J connectivity index is 2.62. The predicted octanol–water partition coefficient (Wildman–Crippen LogP) is 3.55. The highest BCUT2D eigenvalue weighted by molar-refractivity contribution is 14.1. The van der Waals surface area contributed by atoms with Gasteiger partial charge in [-0.2, -0.15) is 26.3 Å². The van der Waals surface area contributed by atoms with E-state index < -0.39 is 49.5 Å². The Kier molecular flexibility index (Phi) is 8.20. The molecule has 1 aromatic rings. The van der Waals surface area contributed by atoms with Gasteiger partial charge in [0.25, 0.3) is 0 Å². The van der Waals surface area contributed by atoms with E-state index in [0.29, 0.717) is 7.14 Å². The average molecular weight is 642 g/mol. The Morgan fingerprint density at radius 2 is 1.46 bits per heavy atom. The van der Waals surface area contributed by atoms with Crippen LogP contribution in [0.5, 0.6) is 5.75 Å². The van der Waals surface area contributed by atoms with Gasteiger partial charge in [-0.05, 0) is 57.3 Å². The number of rotatable bonds is 6. The number of halogens is 8. The van der Waals surface area contributed by atoms with Crippen LogP contribution in [0.4, 0.5) is 26.3 Å². The summed E-state index contributed by atoms with van der Waals surface area (Å²) < 4.78 is 84.2. The molecule has 158 valence electrons. The molecule has 0 aliphatic carbocycles. The second-order valence-corrected chi connectivity index (χ2v) is 7.52. The van der Waals surface area contributed by atoms with Crippen molar-refractivity contribution in [2.75, 3.05) is 13.2 Å². The van der Waals surface area contributed by atoms with Crippen LogP contribution in [0.3, 0.4) is 0 Å². The highest BCUT2D eigenvalue weighted by Crippen LogP contribution is 2.43. The van der Waals surface area contributed by atoms with Crippen molar-refractivity contribution < 1.29 is 55.6 Å². The highest BCUT2D eigenvalue weighted by atomic mass is 127. The van der Waals surface area contributed by atoms with Crippen LogP contribution in [-0.2, 0) is 14.3 Å². The van der Waals surface area contributed by atoms with Crippen molar-refractivity contribution in [3.63, 3.8) is 0 Å². The van der Waals surface area contributed by atoms with Crippen LogP contribution < -0.4 is 0 Å². The summed E-state index contributed by atoms with van der Waals surface area (Å²) in [5.41, 5.74) is -5.86. The summed E-state index contributed by atoms with van der Waals surface area (Å²) in [6.45, 7) is -1.53. The zero-order valence-corrected chi connectivity index (χ0v) is 17.6. The summed E-state index contributed by atoms with van der Waals surface area (Å²) in [6, 6.07) is 2.86. The molecule has 0 saturated heterocycles. The first-order valence-electron chi connectivity index (χ1n) is 7.01. The molecule has 0 aliphatic heterocycles. The topological polar surface area (TPSA) is 93.1 Å². The molecule has 0 heterocycles. The van der Waals surface area contributed by atoms with E-state index in [1.807, 2.05) is 22.6 Å². The van der Waals surface area contributed by atoms with Gasteiger partial charge in [0.1, 0.15) is 11.3 Å². The molecule has 0 saturated carbocycles. The number of hydrogen-bond acceptors (Lipinski definition) is 6. The van der Waals surface area contributed by atoms with Gasteiger partial charge in [0.2, 0.25) is 0 Å². The van der Waals surface area contributed by atoms with Crippen molar-refractivity contribution >= 4 is 57.1 Å². The van der Waals surface area contributed by atoms with Crippen molar-refractivity contribution in [2.24, 2.45) is 0 Å². The Hall–Kier alpha value is -1.04. The first-order valence-corrected chi connectivity index (χ1v) is 9.17. The minimum absolute atomic E-state index is 0.197. The maximum absolute atomic E-state index is 12.5. The molecule has 6 nitrogen and oxygen atoms in total. The van der Waals surface area contributed by atoms with Crippen LogP contribution >= 0.6 is 45.2 Å². The van der Waals surface area contributed by atoms with E-state index in [1.165, 1.54) is 6.07 Å². The monoisotopic (exact) mass is 642 g/mol. The van der Waals surface area contributed by atoms with Gasteiger partial charge >= 0.3 is 29.9 Å². The van der Waals surface area contributed by atoms with E-state index in [9.17, 15) is 41.0 Å². The van der Waals surface area contributed by atoms with Gasteiger partial charge in [-0.15, -0.1) is 0 Å². The molecule has 2 N–H and O–H groups in total. The molecule has 0 atom stereocenters. The van der Waals surface area contributed by atoms with Crippen LogP contribution in [-0.4, -0.2) is 53.3 Å². The summed E-state index contributed by atoms with van der Waals surface area (Å²) in [7, 11) is 0. The minimum Gasteiger partial charge on any atom is -0.506 e. The quantitative estimate of drug-likeness (QED) is 0.214. The Morgan fingerprint density at radius 1 is 0.964 bits per heavy atom. The van der Waals surface area contributed by atoms with Gasteiger partial charge < -0.3 is 19.7 Å². The summed E-state index contributed by atoms with van der Waals surface area (Å²) in [4.78, 5) is 23.0. The van der Waals surface area contributed by atoms with Crippen LogP contribution in [0.1, 0.15) is 16.8 Å². The fourth-order valence-electron chi connectivity index (χ4n) is 1.68. The first kappa shape index (κ1) is 25.0. The van der Waals surface area contributed by atoms with Gasteiger partial charge in [0.05, 0.1) is 16.8 Å². The van der Waals surface area contributed by atoms with E-state index in [2.05, 4.69) is 4.74 Å². The lowest BCUT2D eigenvalue weighted by Gasteiger charge is -2.29. The maximum atomic E-state index is 12.5. The van der Waals surface area contributed by atoms with E-state index in [-0.39, 0.29) is 11.3 Å². The average Bonchev–Trinajstić information content (AvgIpc) is 2.54. The third kappa shape index (κ3) is 5.52. The number of phenols is 1. The lowest BCUT2D eigenvalue weighted by Crippen LogP contribution is -2.63. The molecule has 28 heavy (non-hydrogen) atoms. The molecule has 0 bridgehead atoms. The molecule has 0 amide bonds. The number of alkyl halides is 6. The molecule has 0 aliphatic rings. The molecule has 0 fully saturated rings. The molecule has 0 aromatic heterocycles. The standard InChI is InChI=1S/C14H10F6I2O6/c15-13(16,17)12(26,14(18,19)20)11(25)28-3-1-2-27-10(24)7-4-6(21)5-8(22)9(7)23/h4-5,23,26H,1-3H2. The fraction of sp³-hybridized carbons (Fsp3) is 0.429. The number of carbonyl (C=O) groups excluding carboxylic acids is 2. The first-order chi connectivity index (χ1) is 12.6. The van der Waals surface area contributed by atoms with Crippen LogP contribution in [0.2, 0.25) is 0 Å². The predicted molar refractivity (Wildman–Crippen MR) is 96.5 cm³/mol. The van der Waals surface area contributed by atoms with E-state index in [0.717, 1.165) is 0 Å². The minimum atomic E-state index is -6.34. The fourth-order valence-corrected chi connectivity index (χ4v) is 3.53. The summed E-state index contributed by atoms with van der Waals surface area (Å²) in [6.07, 6.45) is -13.1. The van der Waals surface area contributed by atoms with Crippen molar-refractivity contribution in [1.29, 1.82) is 0 Å². The lowest BCUT2D eigenvalue weighted by molar-refractivity contribution is -0.356. The molecular weight excluding hydrogens is 632 g/mol. The Morgan fingerprint density at radius 3 is 1.96 bits per heavy atom. The zero-order valence-electron chi connectivity index (χ0n) is 13.3. The number of aromatic hydroxyl groups is 1. The third-order valence-electron chi connectivity index (χ3n) is 3.12. The van der Waals surface area contributed by atoms with Crippen molar-refractivity contribution in [3.8, 4) is 5.75 Å². The molecule has 1 aromatic carbocycles. The smallest absolute Gasteiger partial charge is 0.437 e. The van der Waals surface area contributed by atoms with Crippen molar-refractivity contribution in [2.45, 2.75) is 24.4 Å². The SMILES string of the molecule is O=C(OCCCOC(=O)C(O)(C(F)(F)F)C(F)(F)F)c1cc(I)cc(I)c1O. The number of ether oxygens (including phenoxy) is 2. The van der Waals surface area contributed by atoms with Crippen molar-refractivity contribution in [1.82, 2.24) is 0 Å². The third-order valence-corrected chi connectivity index (χ3v) is 4.56. The molecule has 14 heteroatoms. The lowest BCUT2D eigenvalue weighted by atomic mass is 10.0. The second-order valence-electron chi connectivity index (χ2n) is 5.12. The van der Waals surface area contributed by atoms with Gasteiger partial charge in [0, 0.05) is 9.99 Å². The van der Waals surface area contributed by atoms with E-state index in [1.54, 1.807) is 28.7 Å². The maximum Gasteiger partial charge on any atom is 0.437 e. The summed E-state index contributed by atoms with van der Waals surface area (Å²) >= 11 is 3.63. The highest BCUT2D eigenvalue weighted by Gasteiger charge is 2.76. The second kappa shape index (κ2) is 9.19. The van der Waals surface area contributed by atoms with E-state index >= 15 is 0 Å². The number of benzene rings is 1. The van der Waals surface area contributed by atoms with Gasteiger partial charge in [-0.1, -0.05) is 0 Å². The molecular formula is C14H10F6I2O6. The van der Waals surface area contributed by atoms with Gasteiger partial charge in [0.15, 0.2) is 0 Å². The van der Waals surface area contributed by atoms with Gasteiger partial charge in [-0.3, -0.25) is 0 Å². The number of phenolic OH excluding ortho intramolecular Hbond substituents is 1. The number of esters is 2. The molecule has 0 radical (unpaired) electrons. The summed E-state index contributed by atoms with van der Waals surface area (Å²) in [5, 5.41) is 18.6. The Bertz CT molecular complexity index is 735. The largest absolute Gasteiger partial charge is 0.506 e. The Labute approximate surface area is 180 Å².